The molecule has 0 aromatic heterocycles. The van der Waals surface area contributed by atoms with Crippen molar-refractivity contribution < 1.29 is 31.9 Å². The zero-order valence-electron chi connectivity index (χ0n) is 13.6. The van der Waals surface area contributed by atoms with Crippen molar-refractivity contribution in [2.24, 2.45) is 0 Å². The molecule has 1 aromatic carbocycles. The molecule has 5 nitrogen and oxygen atoms in total. The summed E-state index contributed by atoms with van der Waals surface area (Å²) in [4.78, 5) is 24.4. The number of nitriles is 1. The number of ketones is 1. The Morgan fingerprint density at radius 2 is 2.04 bits per heavy atom. The predicted molar refractivity (Wildman–Crippen MR) is 81.4 cm³/mol. The molecular weight excluding hydrogens is 356 g/mol. The topological polar surface area (TPSA) is 79.2 Å². The Morgan fingerprint density at radius 3 is 2.58 bits per heavy atom. The molecule has 0 saturated heterocycles. The molecule has 0 bridgehead atoms. The summed E-state index contributed by atoms with van der Waals surface area (Å²) >= 11 is 0. The molecule has 9 heteroatoms. The molecule has 138 valence electrons. The highest BCUT2D eigenvalue weighted by Gasteiger charge is 2.36. The van der Waals surface area contributed by atoms with Crippen molar-refractivity contribution in [2.45, 2.75) is 25.6 Å². The van der Waals surface area contributed by atoms with Crippen LogP contribution in [-0.2, 0) is 9.53 Å². The number of alkyl halides is 1. The van der Waals surface area contributed by atoms with Crippen LogP contribution < -0.4 is 5.32 Å². The molecule has 2 rings (SSSR count). The first-order valence-electron chi connectivity index (χ1n) is 7.68. The van der Waals surface area contributed by atoms with Gasteiger partial charge >= 0.3 is 5.97 Å². The van der Waals surface area contributed by atoms with Crippen LogP contribution in [0.2, 0.25) is 0 Å². The van der Waals surface area contributed by atoms with Crippen molar-refractivity contribution in [3.63, 3.8) is 0 Å². The number of rotatable bonds is 7. The lowest BCUT2D eigenvalue weighted by Gasteiger charge is -2.09. The molecule has 0 amide bonds. The van der Waals surface area contributed by atoms with E-state index in [-0.39, 0.29) is 19.2 Å². The Balaban J connectivity index is 2.37. The molecule has 0 unspecified atom stereocenters. The third kappa shape index (κ3) is 4.08. The Bertz CT molecular complexity index is 817. The van der Waals surface area contributed by atoms with Gasteiger partial charge in [0.2, 0.25) is 5.78 Å². The van der Waals surface area contributed by atoms with Crippen LogP contribution >= 0.6 is 0 Å². The number of Topliss-reactive ketones (excluding diaryl/α,β-unsaturated/α-hetero) is 1. The second kappa shape index (κ2) is 8.10. The van der Waals surface area contributed by atoms with E-state index in [1.54, 1.807) is 0 Å². The Labute approximate surface area is 146 Å². The fourth-order valence-electron chi connectivity index (χ4n) is 2.18. The van der Waals surface area contributed by atoms with E-state index < -0.39 is 58.1 Å². The number of halogens is 4. The highest BCUT2D eigenvalue weighted by atomic mass is 19.2. The molecule has 1 saturated carbocycles. The lowest BCUT2D eigenvalue weighted by atomic mass is 9.99. The van der Waals surface area contributed by atoms with Crippen LogP contribution in [0.15, 0.2) is 17.7 Å². The Hall–Kier alpha value is -2.73. The van der Waals surface area contributed by atoms with Gasteiger partial charge in [0.05, 0.1) is 12.2 Å². The molecule has 0 aliphatic heterocycles. The third-order valence-corrected chi connectivity index (χ3v) is 3.65. The van der Waals surface area contributed by atoms with E-state index in [0.29, 0.717) is 6.42 Å². The van der Waals surface area contributed by atoms with Crippen molar-refractivity contribution in [1.82, 2.24) is 5.32 Å². The molecule has 1 aliphatic rings. The molecule has 26 heavy (non-hydrogen) atoms. The number of benzene rings is 1. The van der Waals surface area contributed by atoms with Crippen LogP contribution in [0.3, 0.4) is 0 Å². The van der Waals surface area contributed by atoms with Crippen molar-refractivity contribution in [3.8, 4) is 6.07 Å². The Kier molecular flexibility index (Phi) is 6.10. The van der Waals surface area contributed by atoms with Gasteiger partial charge in [0.25, 0.3) is 0 Å². The number of hydrogen-bond acceptors (Lipinski definition) is 5. The van der Waals surface area contributed by atoms with Crippen LogP contribution in [0.4, 0.5) is 17.6 Å². The van der Waals surface area contributed by atoms with Gasteiger partial charge in [-0.25, -0.2) is 22.4 Å². The molecule has 1 fully saturated rings. The van der Waals surface area contributed by atoms with Crippen molar-refractivity contribution >= 4 is 11.8 Å². The highest BCUT2D eigenvalue weighted by molar-refractivity contribution is 6.24. The van der Waals surface area contributed by atoms with E-state index in [0.717, 1.165) is 12.1 Å². The molecule has 1 aliphatic carbocycles. The largest absolute Gasteiger partial charge is 0.462 e. The maximum Gasteiger partial charge on any atom is 0.341 e. The summed E-state index contributed by atoms with van der Waals surface area (Å²) in [5.41, 5.74) is -2.88. The summed E-state index contributed by atoms with van der Waals surface area (Å²) in [6.07, 6.45) is 0.324. The summed E-state index contributed by atoms with van der Waals surface area (Å²) in [5.74, 6) is -7.29. The number of nitrogens with one attached hydrogen (secondary N) is 1. The van der Waals surface area contributed by atoms with Gasteiger partial charge in [0, 0.05) is 12.6 Å². The van der Waals surface area contributed by atoms with Gasteiger partial charge in [0.15, 0.2) is 17.5 Å². The van der Waals surface area contributed by atoms with Crippen LogP contribution in [0.5, 0.6) is 0 Å². The summed E-state index contributed by atoms with van der Waals surface area (Å²) in [6.45, 7) is 1.29. The maximum absolute atomic E-state index is 14.2. The molecule has 0 radical (unpaired) electrons. The van der Waals surface area contributed by atoms with Crippen LogP contribution in [-0.4, -0.2) is 37.1 Å². The zero-order valence-corrected chi connectivity index (χ0v) is 13.6. The monoisotopic (exact) mass is 370 g/mol. The van der Waals surface area contributed by atoms with Gasteiger partial charge in [-0.2, -0.15) is 5.26 Å². The van der Waals surface area contributed by atoms with Gasteiger partial charge in [-0.3, -0.25) is 4.79 Å². The second-order valence-corrected chi connectivity index (χ2v) is 5.45. The Morgan fingerprint density at radius 1 is 1.38 bits per heavy atom. The maximum atomic E-state index is 14.2. The first-order valence-corrected chi connectivity index (χ1v) is 7.68. The first kappa shape index (κ1) is 19.6. The number of ether oxygens (including phenoxy) is 1. The normalized spacial score (nSPS) is 19.0. The van der Waals surface area contributed by atoms with E-state index in [1.807, 2.05) is 0 Å². The van der Waals surface area contributed by atoms with E-state index in [1.165, 1.54) is 6.92 Å². The van der Waals surface area contributed by atoms with Crippen LogP contribution in [0.25, 0.3) is 0 Å². The number of carbonyl (C=O) groups excluding carboxylic acids is 2. The minimum atomic E-state index is -1.73. The number of esters is 1. The standard InChI is InChI=1S/C17H14F4N2O3/c1-2-26-17(25)8(3-4-23-13-6-11(13)18)16(24)9-5-12(19)15(21)10(7-22)14(9)20/h3,5,11,13,23H,2,4,6H2,1H3/b8-3-/t11-,13+/m0/s1. The predicted octanol–water partition coefficient (Wildman–Crippen LogP) is 2.35. The van der Waals surface area contributed by atoms with E-state index in [4.69, 9.17) is 10.00 Å². The van der Waals surface area contributed by atoms with E-state index in [2.05, 4.69) is 5.32 Å². The fourth-order valence-corrected chi connectivity index (χ4v) is 2.18. The molecule has 1 N–H and O–H groups in total. The molecule has 2 atom stereocenters. The number of carbonyl (C=O) groups is 2. The minimum absolute atomic E-state index is 0.0875. The lowest BCUT2D eigenvalue weighted by molar-refractivity contribution is -0.138. The third-order valence-electron chi connectivity index (χ3n) is 3.65. The quantitative estimate of drug-likeness (QED) is 0.152. The second-order valence-electron chi connectivity index (χ2n) is 5.45. The summed E-state index contributed by atoms with van der Waals surface area (Å²) in [7, 11) is 0. The van der Waals surface area contributed by atoms with Gasteiger partial charge in [-0.15, -0.1) is 0 Å². The van der Waals surface area contributed by atoms with Crippen molar-refractivity contribution in [2.75, 3.05) is 13.2 Å². The summed E-state index contributed by atoms with van der Waals surface area (Å²) in [5, 5.41) is 11.4. The summed E-state index contributed by atoms with van der Waals surface area (Å²) < 4.78 is 58.7. The smallest absolute Gasteiger partial charge is 0.341 e. The first-order chi connectivity index (χ1) is 12.3. The number of hydrogen-bond donors (Lipinski definition) is 1. The van der Waals surface area contributed by atoms with Crippen LogP contribution in [0, 0.1) is 28.8 Å². The van der Waals surface area contributed by atoms with Gasteiger partial charge in [-0.1, -0.05) is 6.08 Å². The molecule has 0 heterocycles. The molecular formula is C17H14F4N2O3. The molecule has 0 spiro atoms. The minimum Gasteiger partial charge on any atom is -0.462 e. The SMILES string of the molecule is CCOC(=O)/C(=C\CN[C@@H]1C[C@@H]1F)C(=O)c1cc(F)c(F)c(C#N)c1F. The van der Waals surface area contributed by atoms with Crippen molar-refractivity contribution in [3.05, 3.63) is 46.3 Å². The lowest BCUT2D eigenvalue weighted by Crippen LogP contribution is -2.23. The summed E-state index contributed by atoms with van der Waals surface area (Å²) in [6, 6.07) is 0.996. The van der Waals surface area contributed by atoms with Crippen molar-refractivity contribution in [1.29, 1.82) is 5.26 Å². The van der Waals surface area contributed by atoms with Crippen LogP contribution in [0.1, 0.15) is 29.3 Å². The van der Waals surface area contributed by atoms with Gasteiger partial charge in [0.1, 0.15) is 23.4 Å². The van der Waals surface area contributed by atoms with E-state index >= 15 is 0 Å². The van der Waals surface area contributed by atoms with E-state index in [9.17, 15) is 27.2 Å². The van der Waals surface area contributed by atoms with Gasteiger partial charge < -0.3 is 10.1 Å². The highest BCUT2D eigenvalue weighted by Crippen LogP contribution is 2.25. The molecule has 1 aromatic rings. The zero-order chi connectivity index (χ0) is 19.4. The fraction of sp³-hybridized carbons (Fsp3) is 0.353. The van der Waals surface area contributed by atoms with Gasteiger partial charge in [-0.05, 0) is 19.4 Å². The average Bonchev–Trinajstić information content (AvgIpc) is 3.30. The average molecular weight is 370 g/mol. The number of nitrogens with zero attached hydrogens (tertiary/aromatic N) is 1.